The van der Waals surface area contributed by atoms with Gasteiger partial charge in [-0.15, -0.1) is 0 Å². The summed E-state index contributed by atoms with van der Waals surface area (Å²) < 4.78 is 7.21. The van der Waals surface area contributed by atoms with E-state index in [1.54, 1.807) is 0 Å². The summed E-state index contributed by atoms with van der Waals surface area (Å²) in [7, 11) is -2.00. The maximum Gasteiger partial charge on any atom is 0.201 e. The van der Waals surface area contributed by atoms with Crippen molar-refractivity contribution in [1.82, 2.24) is 0 Å². The molecule has 0 saturated heterocycles. The Kier molecular flexibility index (Phi) is 5.33. The summed E-state index contributed by atoms with van der Waals surface area (Å²) in [4.78, 5) is 12.0. The topological polar surface area (TPSA) is 26.3 Å². The molecule has 0 heterocycles. The van der Waals surface area contributed by atoms with Crippen LogP contribution in [-0.4, -0.2) is 20.2 Å². The van der Waals surface area contributed by atoms with Gasteiger partial charge in [0.15, 0.2) is 0 Å². The number of hydrogen-bond acceptors (Lipinski definition) is 2. The first-order valence-corrected chi connectivity index (χ1v) is 11.6. The Morgan fingerprint density at radius 3 is 2.09 bits per heavy atom. The molecule has 0 spiro atoms. The molecule has 4 atom stereocenters. The van der Waals surface area contributed by atoms with Crippen LogP contribution >= 0.6 is 0 Å². The molecule has 1 fully saturated rings. The van der Waals surface area contributed by atoms with Crippen LogP contribution in [0.5, 0.6) is 0 Å². The van der Waals surface area contributed by atoms with E-state index in [0.29, 0.717) is 28.5 Å². The molecule has 0 aliphatic heterocycles. The zero-order valence-corrected chi connectivity index (χ0v) is 17.3. The molecule has 3 heteroatoms. The molecule has 2 bridgehead atoms. The van der Waals surface area contributed by atoms with Gasteiger partial charge >= 0.3 is 0 Å². The molecule has 0 radical (unpaired) electrons. The fourth-order valence-corrected chi connectivity index (χ4v) is 11.5. The molecule has 0 N–H and O–H groups in total. The Morgan fingerprint density at radius 1 is 1.17 bits per heavy atom. The molecule has 3 rings (SSSR count). The van der Waals surface area contributed by atoms with Crippen molar-refractivity contribution in [1.29, 1.82) is 0 Å². The molecular formula is C20H36O2Si. The molecule has 0 aromatic carbocycles. The first-order valence-electron chi connectivity index (χ1n) is 9.47. The second-order valence-electron chi connectivity index (χ2n) is 8.93. The molecule has 3 aliphatic rings. The lowest BCUT2D eigenvalue weighted by atomic mass is 9.58. The van der Waals surface area contributed by atoms with Crippen LogP contribution < -0.4 is 0 Å². The highest BCUT2D eigenvalue weighted by atomic mass is 28.4. The second kappa shape index (κ2) is 6.48. The second-order valence-corrected chi connectivity index (χ2v) is 14.3. The molecule has 0 aromatic heterocycles. The van der Waals surface area contributed by atoms with Crippen molar-refractivity contribution in [3.05, 3.63) is 11.6 Å². The maximum atomic E-state index is 12.0. The van der Waals surface area contributed by atoms with Crippen molar-refractivity contribution < 1.29 is 9.22 Å². The lowest BCUT2D eigenvalue weighted by Crippen LogP contribution is -2.61. The molecule has 0 unspecified atom stereocenters. The average Bonchev–Trinajstić information content (AvgIpc) is 2.44. The predicted octanol–water partition coefficient (Wildman–Crippen LogP) is 5.74. The predicted molar refractivity (Wildman–Crippen MR) is 100 cm³/mol. The summed E-state index contributed by atoms with van der Waals surface area (Å²) in [5.41, 5.74) is 2.75. The SMILES string of the molecule is CC1=C[C@@]2(O[Si](C(C)C)(C(C)C)C(C)C)CC[C@@H]1[C@@H](C)[C@@H]2C=O. The first-order chi connectivity index (χ1) is 10.6. The smallest absolute Gasteiger partial charge is 0.201 e. The van der Waals surface area contributed by atoms with Gasteiger partial charge in [-0.05, 0) is 48.2 Å². The number of fused-ring (bicyclic) bond motifs is 2. The molecular weight excluding hydrogens is 300 g/mol. The van der Waals surface area contributed by atoms with Crippen molar-refractivity contribution in [3.63, 3.8) is 0 Å². The van der Waals surface area contributed by atoms with Gasteiger partial charge < -0.3 is 9.22 Å². The van der Waals surface area contributed by atoms with E-state index in [4.69, 9.17) is 4.43 Å². The highest BCUT2D eigenvalue weighted by molar-refractivity contribution is 6.77. The van der Waals surface area contributed by atoms with Gasteiger partial charge in [-0.1, -0.05) is 60.1 Å². The fourth-order valence-electron chi connectivity index (χ4n) is 5.88. The Balaban J connectivity index is 2.52. The molecule has 2 nitrogen and oxygen atoms in total. The standard InChI is InChI=1S/C20H36O2Si/c1-13(2)23(14(3)4,15(5)6)22-20-10-9-18(16(7)11-20)17(8)19(20)12-21/h11-15,17-19H,9-10H2,1-8H3/t17-,18+,19+,20+/m1/s1. The Labute approximate surface area is 144 Å². The van der Waals surface area contributed by atoms with E-state index in [9.17, 15) is 4.79 Å². The third-order valence-corrected chi connectivity index (χ3v) is 13.0. The van der Waals surface area contributed by atoms with E-state index >= 15 is 0 Å². The highest BCUT2D eigenvalue weighted by Gasteiger charge is 2.57. The van der Waals surface area contributed by atoms with Gasteiger partial charge in [-0.25, -0.2) is 0 Å². The van der Waals surface area contributed by atoms with Gasteiger partial charge in [-0.3, -0.25) is 0 Å². The van der Waals surface area contributed by atoms with E-state index in [1.807, 2.05) is 0 Å². The Hall–Kier alpha value is -0.413. The van der Waals surface area contributed by atoms with E-state index < -0.39 is 8.32 Å². The van der Waals surface area contributed by atoms with Crippen LogP contribution in [0.15, 0.2) is 11.6 Å². The summed E-state index contributed by atoms with van der Waals surface area (Å²) in [6, 6.07) is 0. The van der Waals surface area contributed by atoms with Crippen LogP contribution in [0.25, 0.3) is 0 Å². The van der Waals surface area contributed by atoms with Crippen molar-refractivity contribution >= 4 is 14.6 Å². The van der Waals surface area contributed by atoms with Gasteiger partial charge in [0, 0.05) is 5.92 Å². The lowest BCUT2D eigenvalue weighted by Gasteiger charge is -2.57. The molecule has 0 aromatic rings. The zero-order valence-electron chi connectivity index (χ0n) is 16.3. The van der Waals surface area contributed by atoms with Gasteiger partial charge in [0.05, 0.1) is 5.60 Å². The van der Waals surface area contributed by atoms with Crippen LogP contribution in [0.2, 0.25) is 16.6 Å². The maximum absolute atomic E-state index is 12.0. The van der Waals surface area contributed by atoms with E-state index in [2.05, 4.69) is 61.5 Å². The van der Waals surface area contributed by atoms with E-state index in [-0.39, 0.29) is 11.5 Å². The number of rotatable bonds is 6. The van der Waals surface area contributed by atoms with Crippen molar-refractivity contribution in [2.24, 2.45) is 17.8 Å². The van der Waals surface area contributed by atoms with Crippen LogP contribution in [0.3, 0.4) is 0 Å². The quantitative estimate of drug-likeness (QED) is 0.351. The third kappa shape index (κ3) is 2.78. The minimum atomic E-state index is -2.00. The van der Waals surface area contributed by atoms with E-state index in [1.165, 1.54) is 18.3 Å². The Morgan fingerprint density at radius 2 is 1.70 bits per heavy atom. The van der Waals surface area contributed by atoms with Crippen LogP contribution in [0.4, 0.5) is 0 Å². The van der Waals surface area contributed by atoms with Crippen molar-refractivity contribution in [3.8, 4) is 0 Å². The van der Waals surface area contributed by atoms with Gasteiger partial charge in [0.1, 0.15) is 6.29 Å². The summed E-state index contributed by atoms with van der Waals surface area (Å²) in [5.74, 6) is 1.00. The van der Waals surface area contributed by atoms with Gasteiger partial charge in [-0.2, -0.15) is 0 Å². The van der Waals surface area contributed by atoms with Crippen LogP contribution in [0, 0.1) is 17.8 Å². The van der Waals surface area contributed by atoms with Crippen LogP contribution in [-0.2, 0) is 9.22 Å². The fraction of sp³-hybridized carbons (Fsp3) is 0.850. The molecule has 23 heavy (non-hydrogen) atoms. The number of carbonyl (C=O) groups excluding carboxylic acids is 1. The number of aldehydes is 1. The average molecular weight is 337 g/mol. The lowest BCUT2D eigenvalue weighted by molar-refractivity contribution is -0.126. The van der Waals surface area contributed by atoms with Crippen molar-refractivity contribution in [2.45, 2.75) is 90.5 Å². The van der Waals surface area contributed by atoms with Gasteiger partial charge in [0.25, 0.3) is 0 Å². The summed E-state index contributed by atoms with van der Waals surface area (Å²) >= 11 is 0. The van der Waals surface area contributed by atoms with E-state index in [0.717, 1.165) is 6.42 Å². The monoisotopic (exact) mass is 336 g/mol. The molecule has 3 aliphatic carbocycles. The molecule has 1 saturated carbocycles. The summed E-state index contributed by atoms with van der Waals surface area (Å²) in [5, 5.41) is 0. The largest absolute Gasteiger partial charge is 0.406 e. The number of allylic oxidation sites excluding steroid dienone is 1. The third-order valence-electron chi connectivity index (χ3n) is 6.89. The molecule has 0 amide bonds. The molecule has 132 valence electrons. The van der Waals surface area contributed by atoms with Gasteiger partial charge in [0.2, 0.25) is 8.32 Å². The minimum Gasteiger partial charge on any atom is -0.406 e. The highest BCUT2D eigenvalue weighted by Crippen LogP contribution is 2.55. The minimum absolute atomic E-state index is 0.0214. The van der Waals surface area contributed by atoms with Crippen LogP contribution in [0.1, 0.15) is 68.2 Å². The number of hydrogen-bond donors (Lipinski definition) is 0. The summed E-state index contributed by atoms with van der Waals surface area (Å²) in [6.07, 6.45) is 5.73. The zero-order chi connectivity index (χ0) is 17.6. The summed E-state index contributed by atoms with van der Waals surface area (Å²) in [6.45, 7) is 18.4. The number of carbonyl (C=O) groups is 1. The normalized spacial score (nSPS) is 34.4. The van der Waals surface area contributed by atoms with Crippen molar-refractivity contribution in [2.75, 3.05) is 0 Å². The first kappa shape index (κ1) is 18.9. The Bertz CT molecular complexity index is 458.